The number of hydrogen-bond donors (Lipinski definition) is 2. The first kappa shape index (κ1) is 29.7. The third kappa shape index (κ3) is 6.19. The zero-order chi connectivity index (χ0) is 30.0. The topological polar surface area (TPSA) is 169 Å². The largest absolute Gasteiger partial charge is 0.344 e. The number of ketones is 1. The molecule has 3 aromatic heterocycles. The van der Waals surface area contributed by atoms with E-state index in [9.17, 15) is 22.8 Å². The van der Waals surface area contributed by atoms with E-state index in [4.69, 9.17) is 0 Å². The number of sulfonamides is 1. The average molecular weight is 597 g/mol. The molecule has 4 heterocycles. The van der Waals surface area contributed by atoms with Gasteiger partial charge in [-0.3, -0.25) is 14.4 Å². The number of carbonyl (C=O) groups is 3. The maximum absolute atomic E-state index is 13.6. The highest BCUT2D eigenvalue weighted by atomic mass is 32.2. The summed E-state index contributed by atoms with van der Waals surface area (Å²) in [4.78, 5) is 44.3. The van der Waals surface area contributed by atoms with Crippen LogP contribution < -0.4 is 10.6 Å². The molecule has 1 aliphatic heterocycles. The van der Waals surface area contributed by atoms with Gasteiger partial charge in [-0.25, -0.2) is 17.9 Å². The van der Waals surface area contributed by atoms with Gasteiger partial charge in [0.1, 0.15) is 6.04 Å². The fourth-order valence-corrected chi connectivity index (χ4v) is 7.39. The van der Waals surface area contributed by atoms with Gasteiger partial charge in [0.2, 0.25) is 5.91 Å². The van der Waals surface area contributed by atoms with Crippen molar-refractivity contribution in [1.29, 1.82) is 0 Å². The van der Waals surface area contributed by atoms with Crippen molar-refractivity contribution >= 4 is 33.3 Å². The Morgan fingerprint density at radius 3 is 2.57 bits per heavy atom. The molecule has 0 bridgehead atoms. The number of pyridine rings is 1. The standard InChI is InChI=1S/C28H36N8O5S/c1-17-14-24-32-33-26(19(3)36(24)34-17)28(39)31-22(15-20-8-4-5-9-20)27(38)30-21-12-11-18(2)35(16-23(21)37)42(40,41)25-10-6-7-13-29-25/h6-7,10,13-14,18,20-22H,4-5,8-9,11-12,15-16H2,1-3H3,(H,30,38)(H,31,39)/t18-,21+,22+/m1/s1. The van der Waals surface area contributed by atoms with Crippen molar-refractivity contribution in [1.82, 2.24) is 39.7 Å². The number of aromatic nitrogens is 5. The SMILES string of the molecule is Cc1cc2nnc(C(=O)N[C@@H](CC3CCCC3)C(=O)N[C@H]3CC[C@@H](C)N(S(=O)(=O)c4ccccn4)CC3=O)c(C)n2n1. The summed E-state index contributed by atoms with van der Waals surface area (Å²) in [5.74, 6) is -1.20. The summed E-state index contributed by atoms with van der Waals surface area (Å²) < 4.78 is 29.2. The van der Waals surface area contributed by atoms with Crippen LogP contribution in [-0.4, -0.2) is 79.8 Å². The normalized spacial score (nSPS) is 21.3. The van der Waals surface area contributed by atoms with Crippen LogP contribution in [-0.2, 0) is 19.6 Å². The summed E-state index contributed by atoms with van der Waals surface area (Å²) in [5.41, 5.74) is 1.80. The highest BCUT2D eigenvalue weighted by Gasteiger charge is 2.38. The molecule has 1 saturated heterocycles. The number of nitrogens with one attached hydrogen (secondary N) is 2. The number of Topliss-reactive ketones (excluding diaryl/α,β-unsaturated/α-hetero) is 1. The minimum Gasteiger partial charge on any atom is -0.344 e. The van der Waals surface area contributed by atoms with Crippen molar-refractivity contribution in [3.8, 4) is 0 Å². The van der Waals surface area contributed by atoms with Crippen molar-refractivity contribution < 1.29 is 22.8 Å². The molecular formula is C28H36N8O5S. The summed E-state index contributed by atoms with van der Waals surface area (Å²) in [6.07, 6.45) is 6.47. The van der Waals surface area contributed by atoms with Crippen LogP contribution in [0.1, 0.15) is 73.7 Å². The highest BCUT2D eigenvalue weighted by Crippen LogP contribution is 2.29. The lowest BCUT2D eigenvalue weighted by Gasteiger charge is -2.25. The first-order chi connectivity index (χ1) is 20.0. The molecule has 1 saturated carbocycles. The Morgan fingerprint density at radius 1 is 1.10 bits per heavy atom. The van der Waals surface area contributed by atoms with Gasteiger partial charge in [-0.2, -0.15) is 9.40 Å². The Bertz CT molecular complexity index is 1590. The van der Waals surface area contributed by atoms with E-state index in [2.05, 4.69) is 30.9 Å². The zero-order valence-corrected chi connectivity index (χ0v) is 24.8. The Labute approximate surface area is 244 Å². The molecule has 1 aliphatic carbocycles. The van der Waals surface area contributed by atoms with E-state index in [1.54, 1.807) is 36.6 Å². The quantitative estimate of drug-likeness (QED) is 0.393. The summed E-state index contributed by atoms with van der Waals surface area (Å²) in [6.45, 7) is 4.88. The van der Waals surface area contributed by atoms with E-state index in [-0.39, 0.29) is 29.6 Å². The minimum atomic E-state index is -4.00. The fraction of sp³-hybridized carbons (Fsp3) is 0.536. The Kier molecular flexibility index (Phi) is 8.64. The first-order valence-corrected chi connectivity index (χ1v) is 15.7. The zero-order valence-electron chi connectivity index (χ0n) is 24.0. The van der Waals surface area contributed by atoms with Gasteiger partial charge in [0.25, 0.3) is 15.9 Å². The van der Waals surface area contributed by atoms with E-state index >= 15 is 0 Å². The molecule has 14 heteroatoms. The van der Waals surface area contributed by atoms with Gasteiger partial charge in [-0.15, -0.1) is 10.2 Å². The highest BCUT2D eigenvalue weighted by molar-refractivity contribution is 7.89. The fourth-order valence-electron chi connectivity index (χ4n) is 5.82. The first-order valence-electron chi connectivity index (χ1n) is 14.3. The number of carbonyl (C=O) groups excluding carboxylic acids is 3. The molecule has 3 aromatic rings. The van der Waals surface area contributed by atoms with Gasteiger partial charge >= 0.3 is 0 Å². The lowest BCUT2D eigenvalue weighted by atomic mass is 9.97. The predicted molar refractivity (Wildman–Crippen MR) is 152 cm³/mol. The second-order valence-electron chi connectivity index (χ2n) is 11.3. The van der Waals surface area contributed by atoms with E-state index in [0.717, 1.165) is 35.7 Å². The molecule has 0 spiro atoms. The van der Waals surface area contributed by atoms with Crippen LogP contribution in [0, 0.1) is 19.8 Å². The van der Waals surface area contributed by atoms with Crippen LogP contribution in [0.15, 0.2) is 35.5 Å². The average Bonchev–Trinajstić information content (AvgIpc) is 3.59. The van der Waals surface area contributed by atoms with Crippen LogP contribution in [0.4, 0.5) is 0 Å². The maximum Gasteiger partial charge on any atom is 0.274 e. The van der Waals surface area contributed by atoms with Gasteiger partial charge in [0, 0.05) is 18.3 Å². The van der Waals surface area contributed by atoms with Crippen LogP contribution in [0.5, 0.6) is 0 Å². The number of aryl methyl sites for hydroxylation is 2. The second-order valence-corrected chi connectivity index (χ2v) is 13.1. The van der Waals surface area contributed by atoms with Crippen molar-refractivity contribution in [3.05, 3.63) is 47.5 Å². The number of hydrogen-bond acceptors (Lipinski definition) is 9. The third-order valence-electron chi connectivity index (χ3n) is 8.20. The number of amides is 2. The molecule has 0 unspecified atom stereocenters. The molecule has 5 rings (SSSR count). The molecule has 42 heavy (non-hydrogen) atoms. The number of nitrogens with zero attached hydrogens (tertiary/aromatic N) is 6. The monoisotopic (exact) mass is 596 g/mol. The molecular weight excluding hydrogens is 560 g/mol. The molecule has 2 N–H and O–H groups in total. The van der Waals surface area contributed by atoms with Crippen molar-refractivity contribution in [2.45, 2.75) is 88.9 Å². The van der Waals surface area contributed by atoms with Crippen LogP contribution in [0.2, 0.25) is 0 Å². The summed E-state index contributed by atoms with van der Waals surface area (Å²) in [5, 5.41) is 18.1. The van der Waals surface area contributed by atoms with E-state index in [1.807, 2.05) is 6.92 Å². The molecule has 0 aromatic carbocycles. The van der Waals surface area contributed by atoms with Gasteiger partial charge in [-0.1, -0.05) is 31.7 Å². The molecule has 2 aliphatic rings. The van der Waals surface area contributed by atoms with Gasteiger partial charge in [0.05, 0.1) is 24.0 Å². The minimum absolute atomic E-state index is 0.0598. The maximum atomic E-state index is 13.6. The number of rotatable bonds is 8. The molecule has 224 valence electrons. The lowest BCUT2D eigenvalue weighted by molar-refractivity contribution is -0.129. The predicted octanol–water partition coefficient (Wildman–Crippen LogP) is 1.74. The Balaban J connectivity index is 1.32. The van der Waals surface area contributed by atoms with E-state index < -0.39 is 45.7 Å². The Hall–Kier alpha value is -3.78. The van der Waals surface area contributed by atoms with Gasteiger partial charge in [0.15, 0.2) is 22.2 Å². The lowest BCUT2D eigenvalue weighted by Crippen LogP contribution is -2.53. The summed E-state index contributed by atoms with van der Waals surface area (Å²) in [7, 11) is -4.00. The smallest absolute Gasteiger partial charge is 0.274 e. The van der Waals surface area contributed by atoms with E-state index in [1.165, 1.54) is 12.3 Å². The van der Waals surface area contributed by atoms with Crippen molar-refractivity contribution in [3.63, 3.8) is 0 Å². The second kappa shape index (κ2) is 12.2. The van der Waals surface area contributed by atoms with Crippen LogP contribution in [0.3, 0.4) is 0 Å². The molecule has 3 atom stereocenters. The van der Waals surface area contributed by atoms with Crippen LogP contribution in [0.25, 0.3) is 5.65 Å². The number of fused-ring (bicyclic) bond motifs is 1. The van der Waals surface area contributed by atoms with Gasteiger partial charge < -0.3 is 10.6 Å². The van der Waals surface area contributed by atoms with Gasteiger partial charge in [-0.05, 0) is 58.1 Å². The van der Waals surface area contributed by atoms with Crippen LogP contribution >= 0.6 is 0 Å². The van der Waals surface area contributed by atoms with Crippen molar-refractivity contribution in [2.24, 2.45) is 5.92 Å². The Morgan fingerprint density at radius 2 is 1.86 bits per heavy atom. The van der Waals surface area contributed by atoms with E-state index in [0.29, 0.717) is 24.2 Å². The molecule has 0 radical (unpaired) electrons. The van der Waals surface area contributed by atoms with Crippen molar-refractivity contribution in [2.75, 3.05) is 6.54 Å². The summed E-state index contributed by atoms with van der Waals surface area (Å²) in [6, 6.07) is 4.07. The molecule has 2 fully saturated rings. The third-order valence-corrected chi connectivity index (χ3v) is 10.1. The summed E-state index contributed by atoms with van der Waals surface area (Å²) >= 11 is 0. The molecule has 2 amide bonds. The molecule has 13 nitrogen and oxygen atoms in total.